The molecule has 1 aliphatic rings. The van der Waals surface area contributed by atoms with E-state index in [9.17, 15) is 9.59 Å². The number of carbonyl (C=O) groups is 2. The molecule has 0 aliphatic carbocycles. The molecular weight excluding hydrogens is 294 g/mol. The van der Waals surface area contributed by atoms with Gasteiger partial charge in [0.1, 0.15) is 5.60 Å². The van der Waals surface area contributed by atoms with Crippen LogP contribution in [0.1, 0.15) is 38.1 Å². The van der Waals surface area contributed by atoms with E-state index in [1.807, 2.05) is 32.9 Å². The summed E-state index contributed by atoms with van der Waals surface area (Å²) in [7, 11) is 0. The van der Waals surface area contributed by atoms with Gasteiger partial charge in [-0.1, -0.05) is 0 Å². The Balaban J connectivity index is 2.01. The molecule has 23 heavy (non-hydrogen) atoms. The Hall–Kier alpha value is -2.24. The molecule has 0 radical (unpaired) electrons. The molecule has 0 bridgehead atoms. The maximum Gasteiger partial charge on any atom is 0.410 e. The molecule has 1 amide bonds. The second kappa shape index (κ2) is 6.48. The smallest absolute Gasteiger partial charge is 0.410 e. The normalized spacial score (nSPS) is 15.5. The van der Waals surface area contributed by atoms with E-state index < -0.39 is 5.60 Å². The lowest BCUT2D eigenvalue weighted by molar-refractivity contribution is 0.0240. The van der Waals surface area contributed by atoms with E-state index in [2.05, 4.69) is 4.90 Å². The molecule has 1 aromatic rings. The Morgan fingerprint density at radius 1 is 1.13 bits per heavy atom. The molecule has 2 rings (SSSR count). The van der Waals surface area contributed by atoms with E-state index in [-0.39, 0.29) is 11.9 Å². The van der Waals surface area contributed by atoms with Gasteiger partial charge in [0, 0.05) is 43.1 Å². The Morgan fingerprint density at radius 3 is 2.26 bits per heavy atom. The summed E-state index contributed by atoms with van der Waals surface area (Å²) < 4.78 is 5.39. The first kappa shape index (κ1) is 17.1. The van der Waals surface area contributed by atoms with Crippen LogP contribution in [-0.4, -0.2) is 48.6 Å². The molecule has 1 fully saturated rings. The van der Waals surface area contributed by atoms with Gasteiger partial charge in [-0.15, -0.1) is 0 Å². The maximum absolute atomic E-state index is 12.1. The molecule has 1 saturated heterocycles. The van der Waals surface area contributed by atoms with Gasteiger partial charge in [0.05, 0.1) is 0 Å². The largest absolute Gasteiger partial charge is 0.444 e. The summed E-state index contributed by atoms with van der Waals surface area (Å²) in [5.41, 5.74) is 7.33. The molecule has 1 heterocycles. The number of hydrogen-bond donors (Lipinski definition) is 1. The molecule has 1 aliphatic heterocycles. The van der Waals surface area contributed by atoms with E-state index in [1.54, 1.807) is 11.0 Å². The number of ether oxygens (including phenoxy) is 1. The molecule has 2 N–H and O–H groups in total. The lowest BCUT2D eigenvalue weighted by Crippen LogP contribution is -2.50. The maximum atomic E-state index is 12.1. The molecule has 0 aromatic heterocycles. The van der Waals surface area contributed by atoms with Crippen LogP contribution in [0.4, 0.5) is 16.2 Å². The summed E-state index contributed by atoms with van der Waals surface area (Å²) in [6.07, 6.45) is -0.279. The monoisotopic (exact) mass is 319 g/mol. The van der Waals surface area contributed by atoms with Gasteiger partial charge in [-0.25, -0.2) is 4.79 Å². The zero-order chi connectivity index (χ0) is 17.2. The van der Waals surface area contributed by atoms with Crippen molar-refractivity contribution >= 4 is 23.3 Å². The minimum atomic E-state index is -0.485. The van der Waals surface area contributed by atoms with Crippen molar-refractivity contribution in [3.63, 3.8) is 0 Å². The highest BCUT2D eigenvalue weighted by molar-refractivity contribution is 6.00. The SMILES string of the molecule is CC(=O)c1cc(N2CCN(C(=O)OC(C)(C)C)CC2)ccc1N. The van der Waals surface area contributed by atoms with Crippen molar-refractivity contribution in [2.45, 2.75) is 33.3 Å². The first-order valence-corrected chi connectivity index (χ1v) is 7.81. The zero-order valence-electron chi connectivity index (χ0n) is 14.3. The number of piperazine rings is 1. The average Bonchev–Trinajstić information content (AvgIpc) is 2.46. The van der Waals surface area contributed by atoms with Gasteiger partial charge in [-0.05, 0) is 45.9 Å². The average molecular weight is 319 g/mol. The Kier molecular flexibility index (Phi) is 4.82. The summed E-state index contributed by atoms with van der Waals surface area (Å²) in [5.74, 6) is -0.0447. The molecule has 0 saturated carbocycles. The molecule has 1 aromatic carbocycles. The van der Waals surface area contributed by atoms with E-state index in [1.165, 1.54) is 6.92 Å². The van der Waals surface area contributed by atoms with Crippen LogP contribution in [0.5, 0.6) is 0 Å². The van der Waals surface area contributed by atoms with Crippen LogP contribution < -0.4 is 10.6 Å². The van der Waals surface area contributed by atoms with Crippen LogP contribution in [-0.2, 0) is 4.74 Å². The van der Waals surface area contributed by atoms with Crippen molar-refractivity contribution in [3.8, 4) is 0 Å². The van der Waals surface area contributed by atoms with Crippen LogP contribution in [0.3, 0.4) is 0 Å². The van der Waals surface area contributed by atoms with Crippen LogP contribution in [0.2, 0.25) is 0 Å². The molecule has 0 atom stereocenters. The van der Waals surface area contributed by atoms with Crippen LogP contribution in [0.15, 0.2) is 18.2 Å². The number of Topliss-reactive ketones (excluding diaryl/α,β-unsaturated/α-hetero) is 1. The number of benzene rings is 1. The topological polar surface area (TPSA) is 75.9 Å². The number of hydrogen-bond acceptors (Lipinski definition) is 5. The van der Waals surface area contributed by atoms with E-state index in [0.717, 1.165) is 5.69 Å². The van der Waals surface area contributed by atoms with Crippen molar-refractivity contribution in [1.82, 2.24) is 4.90 Å². The number of nitrogen functional groups attached to an aromatic ring is 1. The second-order valence-corrected chi connectivity index (χ2v) is 6.78. The van der Waals surface area contributed by atoms with Gasteiger partial charge >= 0.3 is 6.09 Å². The number of rotatable bonds is 2. The van der Waals surface area contributed by atoms with Gasteiger partial charge in [0.15, 0.2) is 5.78 Å². The van der Waals surface area contributed by atoms with Crippen molar-refractivity contribution in [2.75, 3.05) is 36.8 Å². The Labute approximate surface area is 137 Å². The standard InChI is InChI=1S/C17H25N3O3/c1-12(21)14-11-13(5-6-15(14)18)19-7-9-20(10-8-19)16(22)23-17(2,3)4/h5-6,11H,7-10,18H2,1-4H3. The molecule has 0 unspecified atom stereocenters. The van der Waals surface area contributed by atoms with Gasteiger partial charge in [-0.3, -0.25) is 4.79 Å². The third-order valence-corrected chi connectivity index (χ3v) is 3.71. The predicted molar refractivity (Wildman–Crippen MR) is 90.9 cm³/mol. The fourth-order valence-electron chi connectivity index (χ4n) is 2.52. The number of ketones is 1. The van der Waals surface area contributed by atoms with Crippen LogP contribution in [0.25, 0.3) is 0 Å². The van der Waals surface area contributed by atoms with Crippen LogP contribution >= 0.6 is 0 Å². The van der Waals surface area contributed by atoms with Crippen molar-refractivity contribution in [2.24, 2.45) is 0 Å². The van der Waals surface area contributed by atoms with Crippen LogP contribution in [0, 0.1) is 0 Å². The van der Waals surface area contributed by atoms with Gasteiger partial charge in [0.25, 0.3) is 0 Å². The molecule has 126 valence electrons. The van der Waals surface area contributed by atoms with Gasteiger partial charge in [-0.2, -0.15) is 0 Å². The predicted octanol–water partition coefficient (Wildman–Crippen LogP) is 2.53. The number of nitrogens with two attached hydrogens (primary N) is 1. The van der Waals surface area contributed by atoms with Gasteiger partial charge in [0.2, 0.25) is 0 Å². The van der Waals surface area contributed by atoms with E-state index in [0.29, 0.717) is 37.4 Å². The first-order valence-electron chi connectivity index (χ1n) is 7.81. The van der Waals surface area contributed by atoms with Crippen molar-refractivity contribution in [1.29, 1.82) is 0 Å². The fourth-order valence-corrected chi connectivity index (χ4v) is 2.52. The minimum absolute atomic E-state index is 0.0447. The molecule has 0 spiro atoms. The summed E-state index contributed by atoms with van der Waals surface area (Å²) in [5, 5.41) is 0. The van der Waals surface area contributed by atoms with E-state index in [4.69, 9.17) is 10.5 Å². The number of anilines is 2. The Bertz CT molecular complexity index is 600. The quantitative estimate of drug-likeness (QED) is 0.669. The minimum Gasteiger partial charge on any atom is -0.444 e. The lowest BCUT2D eigenvalue weighted by atomic mass is 10.1. The summed E-state index contributed by atoms with van der Waals surface area (Å²) in [4.78, 5) is 27.5. The van der Waals surface area contributed by atoms with Gasteiger partial charge < -0.3 is 20.3 Å². The highest BCUT2D eigenvalue weighted by Crippen LogP contribution is 2.23. The molecular formula is C17H25N3O3. The third kappa shape index (κ3) is 4.37. The summed E-state index contributed by atoms with van der Waals surface area (Å²) in [6, 6.07) is 5.48. The summed E-state index contributed by atoms with van der Waals surface area (Å²) >= 11 is 0. The molecule has 6 nitrogen and oxygen atoms in total. The fraction of sp³-hybridized carbons (Fsp3) is 0.529. The Morgan fingerprint density at radius 2 is 1.74 bits per heavy atom. The van der Waals surface area contributed by atoms with Crippen molar-refractivity contribution < 1.29 is 14.3 Å². The molecule has 6 heteroatoms. The highest BCUT2D eigenvalue weighted by atomic mass is 16.6. The third-order valence-electron chi connectivity index (χ3n) is 3.71. The van der Waals surface area contributed by atoms with Crippen molar-refractivity contribution in [3.05, 3.63) is 23.8 Å². The highest BCUT2D eigenvalue weighted by Gasteiger charge is 2.26. The zero-order valence-corrected chi connectivity index (χ0v) is 14.3. The number of amides is 1. The summed E-state index contributed by atoms with van der Waals surface area (Å²) in [6.45, 7) is 9.66. The first-order chi connectivity index (χ1) is 10.7. The number of carbonyl (C=O) groups excluding carboxylic acids is 2. The number of nitrogens with zero attached hydrogens (tertiary/aromatic N) is 2. The lowest BCUT2D eigenvalue weighted by Gasteiger charge is -2.36. The second-order valence-electron chi connectivity index (χ2n) is 6.78. The van der Waals surface area contributed by atoms with E-state index >= 15 is 0 Å².